The Balaban J connectivity index is 1.68. The molecule has 0 aromatic heterocycles. The van der Waals surface area contributed by atoms with E-state index in [4.69, 9.17) is 37.4 Å². The highest BCUT2D eigenvalue weighted by molar-refractivity contribution is 9.10. The molecule has 0 aliphatic heterocycles. The van der Waals surface area contributed by atoms with Crippen LogP contribution in [0.15, 0.2) is 64.6 Å². The van der Waals surface area contributed by atoms with Crippen molar-refractivity contribution in [2.24, 2.45) is 0 Å². The van der Waals surface area contributed by atoms with E-state index in [-0.39, 0.29) is 12.2 Å². The summed E-state index contributed by atoms with van der Waals surface area (Å²) in [5.74, 6) is 1.03. The highest BCUT2D eigenvalue weighted by Crippen LogP contribution is 2.37. The lowest BCUT2D eigenvalue weighted by molar-refractivity contribution is -0.112. The number of ether oxygens (including phenoxy) is 3. The van der Waals surface area contributed by atoms with Gasteiger partial charge in [-0.05, 0) is 76.1 Å². The Labute approximate surface area is 215 Å². The number of anilines is 1. The molecule has 1 N–H and O–H groups in total. The van der Waals surface area contributed by atoms with Gasteiger partial charge < -0.3 is 19.5 Å². The Morgan fingerprint density at radius 2 is 1.82 bits per heavy atom. The quantitative estimate of drug-likeness (QED) is 0.239. The van der Waals surface area contributed by atoms with Crippen LogP contribution in [0.25, 0.3) is 6.08 Å². The van der Waals surface area contributed by atoms with E-state index < -0.39 is 5.91 Å². The zero-order valence-electron chi connectivity index (χ0n) is 18.2. The average molecular weight is 562 g/mol. The van der Waals surface area contributed by atoms with E-state index in [0.29, 0.717) is 43.0 Å². The van der Waals surface area contributed by atoms with Gasteiger partial charge in [0.15, 0.2) is 11.5 Å². The van der Waals surface area contributed by atoms with Crippen LogP contribution in [-0.4, -0.2) is 20.1 Å². The molecule has 0 saturated carbocycles. The summed E-state index contributed by atoms with van der Waals surface area (Å²) >= 11 is 15.5. The number of nitrogens with one attached hydrogen (secondary N) is 1. The number of nitriles is 1. The number of benzene rings is 3. The lowest BCUT2D eigenvalue weighted by atomic mass is 10.1. The van der Waals surface area contributed by atoms with Crippen molar-refractivity contribution in [3.63, 3.8) is 0 Å². The van der Waals surface area contributed by atoms with Crippen molar-refractivity contribution in [3.05, 3.63) is 85.8 Å². The Hall–Kier alpha value is -3.18. The van der Waals surface area contributed by atoms with Crippen LogP contribution in [0.5, 0.6) is 17.2 Å². The first kappa shape index (κ1) is 25.4. The van der Waals surface area contributed by atoms with Crippen molar-refractivity contribution in [1.29, 1.82) is 5.26 Å². The number of hydrogen-bond donors (Lipinski definition) is 1. The van der Waals surface area contributed by atoms with E-state index in [0.717, 1.165) is 5.56 Å². The van der Waals surface area contributed by atoms with Gasteiger partial charge in [-0.2, -0.15) is 5.26 Å². The van der Waals surface area contributed by atoms with Crippen LogP contribution in [0.1, 0.15) is 11.1 Å². The zero-order chi connectivity index (χ0) is 24.7. The third-order valence-corrected chi connectivity index (χ3v) is 5.83. The van der Waals surface area contributed by atoms with E-state index in [9.17, 15) is 10.1 Å². The third-order valence-electron chi connectivity index (χ3n) is 4.65. The maximum absolute atomic E-state index is 12.6. The minimum atomic E-state index is -0.546. The Bertz CT molecular complexity index is 1270. The molecule has 0 heterocycles. The second-order valence-corrected chi connectivity index (χ2v) is 8.61. The van der Waals surface area contributed by atoms with Crippen LogP contribution in [0.3, 0.4) is 0 Å². The van der Waals surface area contributed by atoms with Crippen molar-refractivity contribution in [1.82, 2.24) is 0 Å². The van der Waals surface area contributed by atoms with Gasteiger partial charge in [0.2, 0.25) is 0 Å². The zero-order valence-corrected chi connectivity index (χ0v) is 21.3. The van der Waals surface area contributed by atoms with Crippen LogP contribution >= 0.6 is 39.1 Å². The van der Waals surface area contributed by atoms with Crippen LogP contribution in [-0.2, 0) is 11.4 Å². The lowest BCUT2D eigenvalue weighted by Gasteiger charge is -2.11. The van der Waals surface area contributed by atoms with Gasteiger partial charge in [0.05, 0.1) is 18.7 Å². The predicted molar refractivity (Wildman–Crippen MR) is 137 cm³/mol. The average Bonchev–Trinajstić information content (AvgIpc) is 2.82. The summed E-state index contributed by atoms with van der Waals surface area (Å²) in [6.07, 6.45) is 1.47. The minimum Gasteiger partial charge on any atom is -0.493 e. The molecule has 0 saturated heterocycles. The van der Waals surface area contributed by atoms with E-state index >= 15 is 0 Å². The summed E-state index contributed by atoms with van der Waals surface area (Å²) in [7, 11) is 3.03. The van der Waals surface area contributed by atoms with Crippen molar-refractivity contribution < 1.29 is 19.0 Å². The molecule has 6 nitrogen and oxygen atoms in total. The van der Waals surface area contributed by atoms with Crippen LogP contribution in [0.4, 0.5) is 5.69 Å². The fraction of sp³-hybridized carbons (Fsp3) is 0.120. The van der Waals surface area contributed by atoms with Gasteiger partial charge in [-0.25, -0.2) is 0 Å². The molecule has 0 aliphatic carbocycles. The summed E-state index contributed by atoms with van der Waals surface area (Å²) in [6, 6.07) is 17.3. The van der Waals surface area contributed by atoms with Gasteiger partial charge in [-0.1, -0.05) is 29.3 Å². The minimum absolute atomic E-state index is 0.0724. The fourth-order valence-corrected chi connectivity index (χ4v) is 4.05. The summed E-state index contributed by atoms with van der Waals surface area (Å²) in [4.78, 5) is 12.6. The topological polar surface area (TPSA) is 80.6 Å². The van der Waals surface area contributed by atoms with Crippen LogP contribution < -0.4 is 19.5 Å². The lowest BCUT2D eigenvalue weighted by Crippen LogP contribution is -2.13. The number of halogens is 3. The Morgan fingerprint density at radius 3 is 2.44 bits per heavy atom. The molecule has 0 fully saturated rings. The number of nitrogens with zero attached hydrogens (tertiary/aromatic N) is 1. The SMILES string of the molecule is COc1cc(/C=C(\C#N)C(=O)Nc2ccc(OCc3ccc(Cl)cc3Cl)cc2)cc(Br)c1OC. The van der Waals surface area contributed by atoms with E-state index in [1.54, 1.807) is 54.6 Å². The molecular formula is C25H19BrCl2N2O4. The molecule has 174 valence electrons. The van der Waals surface area contributed by atoms with Gasteiger partial charge in [-0.15, -0.1) is 0 Å². The molecule has 3 aromatic rings. The number of carbonyl (C=O) groups is 1. The van der Waals surface area contributed by atoms with Gasteiger partial charge in [0.1, 0.15) is 24.0 Å². The van der Waals surface area contributed by atoms with Crippen LogP contribution in [0, 0.1) is 11.3 Å². The maximum Gasteiger partial charge on any atom is 0.266 e. The van der Waals surface area contributed by atoms with Gasteiger partial charge in [0.25, 0.3) is 5.91 Å². The number of carbonyl (C=O) groups excluding carboxylic acids is 1. The van der Waals surface area contributed by atoms with Crippen molar-refractivity contribution in [2.45, 2.75) is 6.61 Å². The molecule has 0 radical (unpaired) electrons. The van der Waals surface area contributed by atoms with Crippen LogP contribution in [0.2, 0.25) is 10.0 Å². The van der Waals surface area contributed by atoms with Gasteiger partial charge in [-0.3, -0.25) is 4.79 Å². The molecule has 0 aliphatic rings. The molecule has 34 heavy (non-hydrogen) atoms. The first-order valence-electron chi connectivity index (χ1n) is 9.86. The standard InChI is InChI=1S/C25H19BrCl2N2O4/c1-32-23-11-15(10-21(26)24(23)33-2)9-17(13-29)25(31)30-19-5-7-20(8-6-19)34-14-16-3-4-18(27)12-22(16)28/h3-12H,14H2,1-2H3,(H,30,31)/b17-9+. The number of hydrogen-bond acceptors (Lipinski definition) is 5. The molecule has 0 spiro atoms. The van der Waals surface area contributed by atoms with Gasteiger partial charge >= 0.3 is 0 Å². The molecule has 0 unspecified atom stereocenters. The number of rotatable bonds is 8. The molecule has 3 aromatic carbocycles. The van der Waals surface area contributed by atoms with Crippen molar-refractivity contribution >= 4 is 56.8 Å². The second kappa shape index (κ2) is 11.8. The first-order valence-corrected chi connectivity index (χ1v) is 11.4. The predicted octanol–water partition coefficient (Wildman–Crippen LogP) is 6.90. The largest absolute Gasteiger partial charge is 0.493 e. The summed E-state index contributed by atoms with van der Waals surface area (Å²) < 4.78 is 17.0. The van der Waals surface area contributed by atoms with Crippen molar-refractivity contribution in [3.8, 4) is 23.3 Å². The fourth-order valence-electron chi connectivity index (χ4n) is 2.97. The smallest absolute Gasteiger partial charge is 0.266 e. The molecule has 1 amide bonds. The highest BCUT2D eigenvalue weighted by atomic mass is 79.9. The summed E-state index contributed by atoms with van der Waals surface area (Å²) in [5.41, 5.74) is 1.84. The van der Waals surface area contributed by atoms with E-state index in [1.807, 2.05) is 6.07 Å². The Morgan fingerprint density at radius 1 is 1.09 bits per heavy atom. The molecular weight excluding hydrogens is 543 g/mol. The first-order chi connectivity index (χ1) is 16.3. The molecule has 0 bridgehead atoms. The highest BCUT2D eigenvalue weighted by Gasteiger charge is 2.13. The number of methoxy groups -OCH3 is 2. The van der Waals surface area contributed by atoms with Gasteiger partial charge in [0, 0.05) is 21.3 Å². The normalized spacial score (nSPS) is 10.9. The van der Waals surface area contributed by atoms with E-state index in [2.05, 4.69) is 21.2 Å². The summed E-state index contributed by atoms with van der Waals surface area (Å²) in [5, 5.41) is 13.3. The Kier molecular flexibility index (Phi) is 8.83. The van der Waals surface area contributed by atoms with E-state index in [1.165, 1.54) is 20.3 Å². The maximum atomic E-state index is 12.6. The third kappa shape index (κ3) is 6.45. The second-order valence-electron chi connectivity index (χ2n) is 6.91. The molecule has 9 heteroatoms. The molecule has 0 atom stereocenters. The monoisotopic (exact) mass is 560 g/mol. The summed E-state index contributed by atoms with van der Waals surface area (Å²) in [6.45, 7) is 0.268. The number of amides is 1. The van der Waals surface area contributed by atoms with Crippen molar-refractivity contribution in [2.75, 3.05) is 19.5 Å². The molecule has 3 rings (SSSR count).